The van der Waals surface area contributed by atoms with Crippen molar-refractivity contribution in [2.75, 3.05) is 0 Å². The average molecular weight is 245 g/mol. The summed E-state index contributed by atoms with van der Waals surface area (Å²) in [7, 11) is 0. The van der Waals surface area contributed by atoms with Gasteiger partial charge in [0.1, 0.15) is 4.84 Å². The lowest BCUT2D eigenvalue weighted by molar-refractivity contribution is 1.08. The van der Waals surface area contributed by atoms with Gasteiger partial charge in [0.15, 0.2) is 0 Å². The predicted molar refractivity (Wildman–Crippen MR) is 59.6 cm³/mol. The van der Waals surface area contributed by atoms with E-state index in [4.69, 9.17) is 23.2 Å². The number of halogens is 2. The average Bonchev–Trinajstić information content (AvgIpc) is 2.16. The van der Waals surface area contributed by atoms with Crippen LogP contribution in [0.1, 0.15) is 10.4 Å². The topological polar surface area (TPSA) is 65.7 Å². The van der Waals surface area contributed by atoms with E-state index in [-0.39, 0.29) is 0 Å². The van der Waals surface area contributed by atoms with Gasteiger partial charge in [-0.05, 0) is 17.7 Å². The number of rotatable bonds is 1. The summed E-state index contributed by atoms with van der Waals surface area (Å²) in [6.07, 6.45) is 0. The summed E-state index contributed by atoms with van der Waals surface area (Å²) in [6, 6.07) is 4.80. The molecule has 0 amide bonds. The highest BCUT2D eigenvalue weighted by molar-refractivity contribution is 6.44. The third-order valence-corrected chi connectivity index (χ3v) is 2.52. The first kappa shape index (κ1) is 10.3. The molecule has 2 N–H and O–H groups in total. The van der Waals surface area contributed by atoms with Gasteiger partial charge in [-0.3, -0.25) is 9.78 Å². The number of hydrogen-bond donors (Lipinski definition) is 2. The van der Waals surface area contributed by atoms with Crippen molar-refractivity contribution in [2.24, 2.45) is 0 Å². The molecule has 0 spiro atoms. The molecular weight excluding hydrogens is 239 g/mol. The third-order valence-electron chi connectivity index (χ3n) is 2.02. The molecule has 0 aliphatic carbocycles. The number of benzene rings is 1. The number of aromatic nitrogens is 2. The number of fused-ring (bicyclic) bond motifs is 1. The van der Waals surface area contributed by atoms with E-state index in [0.717, 1.165) is 0 Å². The Bertz CT molecular complexity index is 615. The van der Waals surface area contributed by atoms with Crippen molar-refractivity contribution in [3.8, 4) is 0 Å². The monoisotopic (exact) mass is 244 g/mol. The highest BCUT2D eigenvalue weighted by Crippen LogP contribution is 2.25. The third kappa shape index (κ3) is 1.91. The van der Waals surface area contributed by atoms with Crippen molar-refractivity contribution in [3.05, 3.63) is 44.6 Å². The lowest BCUT2D eigenvalue weighted by Crippen LogP contribution is -2.21. The van der Waals surface area contributed by atoms with E-state index >= 15 is 0 Å². The first-order valence-corrected chi connectivity index (χ1v) is 4.99. The van der Waals surface area contributed by atoms with Gasteiger partial charge in [0, 0.05) is 0 Å². The van der Waals surface area contributed by atoms with Gasteiger partial charge < -0.3 is 4.98 Å². The van der Waals surface area contributed by atoms with Gasteiger partial charge in [-0.15, -0.1) is 23.2 Å². The van der Waals surface area contributed by atoms with E-state index < -0.39 is 16.1 Å². The Hall–Kier alpha value is -1.26. The van der Waals surface area contributed by atoms with Crippen molar-refractivity contribution in [2.45, 2.75) is 4.84 Å². The van der Waals surface area contributed by atoms with Crippen LogP contribution in [0.15, 0.2) is 27.8 Å². The van der Waals surface area contributed by atoms with E-state index in [0.29, 0.717) is 16.5 Å². The number of nitrogens with one attached hydrogen (secondary N) is 2. The van der Waals surface area contributed by atoms with Crippen molar-refractivity contribution in [3.63, 3.8) is 0 Å². The minimum absolute atomic E-state index is 0.360. The number of hydrogen-bond acceptors (Lipinski definition) is 2. The summed E-state index contributed by atoms with van der Waals surface area (Å²) in [5.74, 6) is 0. The van der Waals surface area contributed by atoms with Crippen LogP contribution in [-0.2, 0) is 0 Å². The summed E-state index contributed by atoms with van der Waals surface area (Å²) in [5, 5.41) is 0.360. The van der Waals surface area contributed by atoms with Crippen molar-refractivity contribution in [1.29, 1.82) is 0 Å². The molecule has 0 radical (unpaired) electrons. The standard InChI is InChI=1S/C9H6Cl2N2O2/c10-7(11)4-1-2-6-5(3-4)8(14)13-9(15)12-6/h1-3,7H,(H2,12,13,14,15). The van der Waals surface area contributed by atoms with Gasteiger partial charge in [-0.2, -0.15) is 0 Å². The van der Waals surface area contributed by atoms with Gasteiger partial charge in [-0.1, -0.05) is 6.07 Å². The second-order valence-electron chi connectivity index (χ2n) is 3.01. The molecule has 15 heavy (non-hydrogen) atoms. The Morgan fingerprint density at radius 2 is 1.87 bits per heavy atom. The zero-order valence-electron chi connectivity index (χ0n) is 7.38. The van der Waals surface area contributed by atoms with Crippen LogP contribution >= 0.6 is 23.2 Å². The van der Waals surface area contributed by atoms with Gasteiger partial charge in [0.05, 0.1) is 10.9 Å². The van der Waals surface area contributed by atoms with Crippen molar-refractivity contribution in [1.82, 2.24) is 9.97 Å². The lowest BCUT2D eigenvalue weighted by Gasteiger charge is -2.02. The fourth-order valence-corrected chi connectivity index (χ4v) is 1.59. The Morgan fingerprint density at radius 3 is 2.53 bits per heavy atom. The van der Waals surface area contributed by atoms with Crippen LogP contribution in [0.25, 0.3) is 10.9 Å². The predicted octanol–water partition coefficient (Wildman–Crippen LogP) is 1.69. The number of aromatic amines is 2. The molecule has 0 fully saturated rings. The van der Waals surface area contributed by atoms with Gasteiger partial charge >= 0.3 is 5.69 Å². The Balaban J connectivity index is 2.83. The summed E-state index contributed by atoms with van der Waals surface area (Å²) in [6.45, 7) is 0. The minimum Gasteiger partial charge on any atom is -0.307 e. The Kier molecular flexibility index (Phi) is 2.54. The summed E-state index contributed by atoms with van der Waals surface area (Å²) < 4.78 is 0. The van der Waals surface area contributed by atoms with Crippen LogP contribution in [-0.4, -0.2) is 9.97 Å². The fraction of sp³-hybridized carbons (Fsp3) is 0.111. The Labute approximate surface area is 93.8 Å². The van der Waals surface area contributed by atoms with Crippen LogP contribution in [0.2, 0.25) is 0 Å². The van der Waals surface area contributed by atoms with Gasteiger partial charge in [-0.25, -0.2) is 4.79 Å². The SMILES string of the molecule is O=c1[nH]c(=O)c2cc(C(Cl)Cl)ccc2[nH]1. The quantitative estimate of drug-likeness (QED) is 0.751. The number of alkyl halides is 2. The first-order chi connectivity index (χ1) is 7.08. The van der Waals surface area contributed by atoms with Crippen LogP contribution in [0.5, 0.6) is 0 Å². The van der Waals surface area contributed by atoms with E-state index in [1.54, 1.807) is 18.2 Å². The molecule has 0 saturated heterocycles. The van der Waals surface area contributed by atoms with E-state index in [1.807, 2.05) is 0 Å². The molecule has 1 aromatic carbocycles. The van der Waals surface area contributed by atoms with Gasteiger partial charge in [0.25, 0.3) is 5.56 Å². The van der Waals surface area contributed by atoms with Gasteiger partial charge in [0.2, 0.25) is 0 Å². The Morgan fingerprint density at radius 1 is 1.13 bits per heavy atom. The maximum absolute atomic E-state index is 11.4. The van der Waals surface area contributed by atoms with Crippen LogP contribution in [0.4, 0.5) is 0 Å². The zero-order chi connectivity index (χ0) is 11.0. The molecule has 0 saturated carbocycles. The van der Waals surface area contributed by atoms with E-state index in [2.05, 4.69) is 9.97 Å². The largest absolute Gasteiger partial charge is 0.326 e. The first-order valence-electron chi connectivity index (χ1n) is 4.12. The van der Waals surface area contributed by atoms with Crippen molar-refractivity contribution < 1.29 is 0 Å². The highest BCUT2D eigenvalue weighted by Gasteiger charge is 2.06. The van der Waals surface area contributed by atoms with Crippen LogP contribution in [0, 0.1) is 0 Å². The second kappa shape index (κ2) is 3.72. The molecule has 0 aliphatic rings. The normalized spacial score (nSPS) is 11.1. The smallest absolute Gasteiger partial charge is 0.307 e. The summed E-state index contributed by atoms with van der Waals surface area (Å²) in [5.41, 5.74) is 0.0861. The summed E-state index contributed by atoms with van der Waals surface area (Å²) in [4.78, 5) is 26.3. The molecule has 0 bridgehead atoms. The van der Waals surface area contributed by atoms with E-state index in [1.165, 1.54) is 0 Å². The molecule has 4 nitrogen and oxygen atoms in total. The molecule has 6 heteroatoms. The van der Waals surface area contributed by atoms with E-state index in [9.17, 15) is 9.59 Å². The molecular formula is C9H6Cl2N2O2. The molecule has 1 heterocycles. The maximum Gasteiger partial charge on any atom is 0.326 e. The highest BCUT2D eigenvalue weighted by atomic mass is 35.5. The maximum atomic E-state index is 11.4. The molecule has 1 aromatic heterocycles. The lowest BCUT2D eigenvalue weighted by atomic mass is 10.2. The van der Waals surface area contributed by atoms with Crippen LogP contribution < -0.4 is 11.2 Å². The fourth-order valence-electron chi connectivity index (χ4n) is 1.32. The molecule has 2 aromatic rings. The van der Waals surface area contributed by atoms with Crippen molar-refractivity contribution >= 4 is 34.1 Å². The molecule has 0 atom stereocenters. The molecule has 2 rings (SSSR count). The summed E-state index contributed by atoms with van der Waals surface area (Å²) >= 11 is 11.3. The zero-order valence-corrected chi connectivity index (χ0v) is 8.89. The molecule has 0 aliphatic heterocycles. The minimum atomic E-state index is -0.694. The van der Waals surface area contributed by atoms with Crippen LogP contribution in [0.3, 0.4) is 0 Å². The second-order valence-corrected chi connectivity index (χ2v) is 4.11. The molecule has 0 unspecified atom stereocenters. The number of H-pyrrole nitrogens is 2. The molecule has 78 valence electrons.